The highest BCUT2D eigenvalue weighted by Crippen LogP contribution is 2.28. The molecule has 1 aliphatic heterocycles. The number of para-hydroxylation sites is 1. The summed E-state index contributed by atoms with van der Waals surface area (Å²) >= 11 is 0. The zero-order valence-electron chi connectivity index (χ0n) is 15.5. The molecule has 0 radical (unpaired) electrons. The van der Waals surface area contributed by atoms with E-state index in [0.717, 1.165) is 31.7 Å². The molecule has 2 aliphatic rings. The van der Waals surface area contributed by atoms with Gasteiger partial charge in [0.2, 0.25) is 5.91 Å². The van der Waals surface area contributed by atoms with Gasteiger partial charge in [-0.3, -0.25) is 4.79 Å². The Hall–Kier alpha value is -2.04. The van der Waals surface area contributed by atoms with E-state index >= 15 is 0 Å². The number of carbonyl (C=O) groups is 2. The van der Waals surface area contributed by atoms with Gasteiger partial charge in [-0.1, -0.05) is 43.9 Å². The summed E-state index contributed by atoms with van der Waals surface area (Å²) in [5.41, 5.74) is 0. The maximum atomic E-state index is 12.2. The molecule has 0 unspecified atom stereocenters. The van der Waals surface area contributed by atoms with Crippen molar-refractivity contribution in [1.29, 1.82) is 0 Å². The SMILES string of the molecule is O=C(CCC1CCCC1)NCC1CCN(C(=O)Oc2ccccc2)CC1. The minimum absolute atomic E-state index is 0.183. The summed E-state index contributed by atoms with van der Waals surface area (Å²) in [6, 6.07) is 9.16. The predicted octanol–water partition coefficient (Wildman–Crippen LogP) is 3.98. The van der Waals surface area contributed by atoms with E-state index in [-0.39, 0.29) is 12.0 Å². The third-order valence-corrected chi connectivity index (χ3v) is 5.66. The van der Waals surface area contributed by atoms with Crippen LogP contribution >= 0.6 is 0 Å². The Morgan fingerprint density at radius 2 is 1.69 bits per heavy atom. The summed E-state index contributed by atoms with van der Waals surface area (Å²) < 4.78 is 5.39. The standard InChI is InChI=1S/C21H30N2O3/c24-20(11-10-17-6-4-5-7-17)22-16-18-12-14-23(15-13-18)21(25)26-19-8-2-1-3-9-19/h1-3,8-9,17-18H,4-7,10-16H2,(H,22,24). The topological polar surface area (TPSA) is 58.6 Å². The van der Waals surface area contributed by atoms with E-state index in [1.54, 1.807) is 17.0 Å². The second-order valence-electron chi connectivity index (χ2n) is 7.60. The molecule has 0 atom stereocenters. The minimum atomic E-state index is -0.282. The fourth-order valence-electron chi connectivity index (χ4n) is 3.95. The highest BCUT2D eigenvalue weighted by molar-refractivity contribution is 5.75. The summed E-state index contributed by atoms with van der Waals surface area (Å²) in [6.45, 7) is 2.10. The van der Waals surface area contributed by atoms with Crippen LogP contribution in [0, 0.1) is 11.8 Å². The number of benzene rings is 1. The Kier molecular flexibility index (Phi) is 6.92. The van der Waals surface area contributed by atoms with E-state index in [9.17, 15) is 9.59 Å². The molecular formula is C21H30N2O3. The van der Waals surface area contributed by atoms with Gasteiger partial charge in [0.05, 0.1) is 0 Å². The molecule has 1 N–H and O–H groups in total. The normalized spacial score (nSPS) is 18.7. The number of amides is 2. The van der Waals surface area contributed by atoms with Crippen molar-refractivity contribution in [2.75, 3.05) is 19.6 Å². The molecule has 0 spiro atoms. The van der Waals surface area contributed by atoms with Crippen molar-refractivity contribution in [3.05, 3.63) is 30.3 Å². The molecule has 0 aromatic heterocycles. The van der Waals surface area contributed by atoms with Gasteiger partial charge >= 0.3 is 6.09 Å². The smallest absolute Gasteiger partial charge is 0.410 e. The summed E-state index contributed by atoms with van der Waals surface area (Å²) in [5.74, 6) is 1.97. The van der Waals surface area contributed by atoms with Gasteiger partial charge in [-0.25, -0.2) is 4.79 Å². The molecule has 2 fully saturated rings. The van der Waals surface area contributed by atoms with Crippen LogP contribution in [-0.4, -0.2) is 36.5 Å². The third kappa shape index (κ3) is 5.75. The Morgan fingerprint density at radius 1 is 1.00 bits per heavy atom. The van der Waals surface area contributed by atoms with Crippen molar-refractivity contribution in [3.8, 4) is 5.75 Å². The number of nitrogens with one attached hydrogen (secondary N) is 1. The number of nitrogens with zero attached hydrogens (tertiary/aromatic N) is 1. The first-order valence-corrected chi connectivity index (χ1v) is 9.99. The van der Waals surface area contributed by atoms with Crippen molar-refractivity contribution in [2.24, 2.45) is 11.8 Å². The molecule has 3 rings (SSSR count). The van der Waals surface area contributed by atoms with Gasteiger partial charge in [-0.15, -0.1) is 0 Å². The van der Waals surface area contributed by atoms with E-state index in [1.165, 1.54) is 25.7 Å². The van der Waals surface area contributed by atoms with Crippen LogP contribution in [0.25, 0.3) is 0 Å². The molecule has 1 aliphatic carbocycles. The van der Waals surface area contributed by atoms with Gasteiger partial charge in [-0.2, -0.15) is 0 Å². The highest BCUT2D eigenvalue weighted by atomic mass is 16.6. The molecule has 5 heteroatoms. The molecule has 5 nitrogen and oxygen atoms in total. The van der Waals surface area contributed by atoms with Crippen LogP contribution in [0.5, 0.6) is 5.75 Å². The van der Waals surface area contributed by atoms with Crippen molar-refractivity contribution < 1.29 is 14.3 Å². The van der Waals surface area contributed by atoms with Gasteiger partial charge in [0.15, 0.2) is 0 Å². The lowest BCUT2D eigenvalue weighted by Gasteiger charge is -2.31. The van der Waals surface area contributed by atoms with Crippen LogP contribution in [0.1, 0.15) is 51.4 Å². The Labute approximate surface area is 156 Å². The molecule has 142 valence electrons. The summed E-state index contributed by atoms with van der Waals surface area (Å²) in [6.07, 6.45) is 8.49. The van der Waals surface area contributed by atoms with Gasteiger partial charge in [0, 0.05) is 26.1 Å². The number of carbonyl (C=O) groups excluding carboxylic acids is 2. The Bertz CT molecular complexity index is 576. The average Bonchev–Trinajstić information content (AvgIpc) is 3.19. The predicted molar refractivity (Wildman–Crippen MR) is 101 cm³/mol. The maximum absolute atomic E-state index is 12.2. The second-order valence-corrected chi connectivity index (χ2v) is 7.60. The fourth-order valence-corrected chi connectivity index (χ4v) is 3.95. The first kappa shape index (κ1) is 18.7. The lowest BCUT2D eigenvalue weighted by molar-refractivity contribution is -0.121. The lowest BCUT2D eigenvalue weighted by atomic mass is 9.96. The number of ether oxygens (including phenoxy) is 1. The van der Waals surface area contributed by atoms with Crippen LogP contribution in [0.3, 0.4) is 0 Å². The molecule has 1 saturated heterocycles. The van der Waals surface area contributed by atoms with Crippen LogP contribution in [0.15, 0.2) is 30.3 Å². The fraction of sp³-hybridized carbons (Fsp3) is 0.619. The largest absolute Gasteiger partial charge is 0.415 e. The monoisotopic (exact) mass is 358 g/mol. The summed E-state index contributed by atoms with van der Waals surface area (Å²) in [7, 11) is 0. The maximum Gasteiger partial charge on any atom is 0.415 e. The first-order chi connectivity index (χ1) is 12.7. The van der Waals surface area contributed by atoms with Gasteiger partial charge in [-0.05, 0) is 43.2 Å². The summed E-state index contributed by atoms with van der Waals surface area (Å²) in [4.78, 5) is 26.0. The number of hydrogen-bond acceptors (Lipinski definition) is 3. The molecule has 0 bridgehead atoms. The van der Waals surface area contributed by atoms with E-state index in [0.29, 0.717) is 31.2 Å². The number of piperidine rings is 1. The Balaban J connectivity index is 1.30. The summed E-state index contributed by atoms with van der Waals surface area (Å²) in [5, 5.41) is 3.09. The zero-order chi connectivity index (χ0) is 18.2. The van der Waals surface area contributed by atoms with E-state index < -0.39 is 0 Å². The molecule has 1 heterocycles. The van der Waals surface area contributed by atoms with E-state index in [4.69, 9.17) is 4.74 Å². The van der Waals surface area contributed by atoms with Crippen molar-refractivity contribution in [3.63, 3.8) is 0 Å². The Morgan fingerprint density at radius 3 is 2.38 bits per heavy atom. The minimum Gasteiger partial charge on any atom is -0.410 e. The van der Waals surface area contributed by atoms with Gasteiger partial charge in [0.1, 0.15) is 5.75 Å². The lowest BCUT2D eigenvalue weighted by Crippen LogP contribution is -2.42. The highest BCUT2D eigenvalue weighted by Gasteiger charge is 2.24. The number of hydrogen-bond donors (Lipinski definition) is 1. The molecule has 2 amide bonds. The molecule has 1 aromatic carbocycles. The van der Waals surface area contributed by atoms with E-state index in [1.807, 2.05) is 18.2 Å². The number of rotatable bonds is 6. The second kappa shape index (κ2) is 9.60. The van der Waals surface area contributed by atoms with E-state index in [2.05, 4.69) is 5.32 Å². The number of likely N-dealkylation sites (tertiary alicyclic amines) is 1. The third-order valence-electron chi connectivity index (χ3n) is 5.66. The van der Waals surface area contributed by atoms with Gasteiger partial charge < -0.3 is 15.0 Å². The van der Waals surface area contributed by atoms with Crippen LogP contribution < -0.4 is 10.1 Å². The molecular weight excluding hydrogens is 328 g/mol. The van der Waals surface area contributed by atoms with Crippen LogP contribution in [-0.2, 0) is 4.79 Å². The van der Waals surface area contributed by atoms with Crippen molar-refractivity contribution in [2.45, 2.75) is 51.4 Å². The van der Waals surface area contributed by atoms with Crippen molar-refractivity contribution in [1.82, 2.24) is 10.2 Å². The van der Waals surface area contributed by atoms with Crippen LogP contribution in [0.4, 0.5) is 4.79 Å². The zero-order valence-corrected chi connectivity index (χ0v) is 15.5. The molecule has 1 saturated carbocycles. The quantitative estimate of drug-likeness (QED) is 0.837. The molecule has 1 aromatic rings. The van der Waals surface area contributed by atoms with Crippen LogP contribution in [0.2, 0.25) is 0 Å². The average molecular weight is 358 g/mol. The van der Waals surface area contributed by atoms with Crippen molar-refractivity contribution >= 4 is 12.0 Å². The van der Waals surface area contributed by atoms with Gasteiger partial charge in [0.25, 0.3) is 0 Å². The molecule has 26 heavy (non-hydrogen) atoms. The first-order valence-electron chi connectivity index (χ1n) is 9.99.